The SMILES string of the molecule is CCCc1c(CC2CCCCC2)nc(SCC(=O)Nc2ccc(OC)cc2)[nH]c1=O. The molecule has 162 valence electrons. The Kier molecular flexibility index (Phi) is 8.37. The fraction of sp³-hybridized carbons (Fsp3) is 0.522. The predicted molar refractivity (Wildman–Crippen MR) is 121 cm³/mol. The summed E-state index contributed by atoms with van der Waals surface area (Å²) < 4.78 is 5.12. The van der Waals surface area contributed by atoms with Gasteiger partial charge >= 0.3 is 0 Å². The van der Waals surface area contributed by atoms with E-state index in [1.807, 2.05) is 0 Å². The largest absolute Gasteiger partial charge is 0.497 e. The van der Waals surface area contributed by atoms with Crippen LogP contribution < -0.4 is 15.6 Å². The van der Waals surface area contributed by atoms with E-state index in [9.17, 15) is 9.59 Å². The van der Waals surface area contributed by atoms with Crippen LogP contribution in [0.25, 0.3) is 0 Å². The van der Waals surface area contributed by atoms with Crippen LogP contribution in [0.5, 0.6) is 5.75 Å². The van der Waals surface area contributed by atoms with Crippen LogP contribution in [-0.4, -0.2) is 28.7 Å². The van der Waals surface area contributed by atoms with Gasteiger partial charge in [0.05, 0.1) is 18.6 Å². The number of aromatic amines is 1. The molecule has 2 N–H and O–H groups in total. The van der Waals surface area contributed by atoms with Crippen LogP contribution in [0.4, 0.5) is 5.69 Å². The van der Waals surface area contributed by atoms with Crippen molar-refractivity contribution in [3.63, 3.8) is 0 Å². The van der Waals surface area contributed by atoms with Crippen LogP contribution in [0, 0.1) is 5.92 Å². The van der Waals surface area contributed by atoms with Gasteiger partial charge in [-0.15, -0.1) is 0 Å². The van der Waals surface area contributed by atoms with Crippen LogP contribution in [-0.2, 0) is 17.6 Å². The van der Waals surface area contributed by atoms with Crippen molar-refractivity contribution >= 4 is 23.4 Å². The summed E-state index contributed by atoms with van der Waals surface area (Å²) in [4.78, 5) is 32.6. The second kappa shape index (κ2) is 11.2. The van der Waals surface area contributed by atoms with Crippen LogP contribution in [0.2, 0.25) is 0 Å². The van der Waals surface area contributed by atoms with Crippen LogP contribution in [0.1, 0.15) is 56.7 Å². The number of carbonyl (C=O) groups excluding carboxylic acids is 1. The van der Waals surface area contributed by atoms with Crippen molar-refractivity contribution in [2.45, 2.75) is 63.4 Å². The van der Waals surface area contributed by atoms with E-state index in [1.54, 1.807) is 31.4 Å². The standard InChI is InChI=1S/C23H31N3O3S/c1-3-7-19-20(14-16-8-5-4-6-9-16)25-23(26-22(19)28)30-15-21(27)24-17-10-12-18(29-2)13-11-17/h10-13,16H,3-9,14-15H2,1-2H3,(H,24,27)(H,25,26,28). The van der Waals surface area contributed by atoms with Gasteiger partial charge in [-0.25, -0.2) is 4.98 Å². The summed E-state index contributed by atoms with van der Waals surface area (Å²) in [6.07, 6.45) is 8.80. The van der Waals surface area contributed by atoms with Crippen molar-refractivity contribution in [3.8, 4) is 5.75 Å². The first-order valence-electron chi connectivity index (χ1n) is 10.8. The lowest BCUT2D eigenvalue weighted by atomic mass is 9.85. The summed E-state index contributed by atoms with van der Waals surface area (Å²) in [5.74, 6) is 1.39. The molecular formula is C23H31N3O3S. The molecule has 1 aliphatic carbocycles. The van der Waals surface area contributed by atoms with Gasteiger partial charge in [0.25, 0.3) is 5.56 Å². The third kappa shape index (κ3) is 6.36. The van der Waals surface area contributed by atoms with E-state index in [0.717, 1.165) is 36.3 Å². The molecule has 7 heteroatoms. The van der Waals surface area contributed by atoms with E-state index in [1.165, 1.54) is 43.9 Å². The molecule has 30 heavy (non-hydrogen) atoms. The van der Waals surface area contributed by atoms with E-state index in [-0.39, 0.29) is 17.2 Å². The quantitative estimate of drug-likeness (QED) is 0.450. The average Bonchev–Trinajstić information content (AvgIpc) is 2.76. The first-order valence-corrected chi connectivity index (χ1v) is 11.8. The van der Waals surface area contributed by atoms with Gasteiger partial charge in [-0.1, -0.05) is 57.2 Å². The van der Waals surface area contributed by atoms with E-state index < -0.39 is 0 Å². The van der Waals surface area contributed by atoms with Gasteiger partial charge in [0.15, 0.2) is 5.16 Å². The maximum atomic E-state index is 12.7. The lowest BCUT2D eigenvalue weighted by Gasteiger charge is -2.22. The van der Waals surface area contributed by atoms with Gasteiger partial charge in [-0.3, -0.25) is 9.59 Å². The summed E-state index contributed by atoms with van der Waals surface area (Å²) in [7, 11) is 1.60. The molecule has 0 atom stereocenters. The topological polar surface area (TPSA) is 84.1 Å². The average molecular weight is 430 g/mol. The molecule has 1 fully saturated rings. The summed E-state index contributed by atoms with van der Waals surface area (Å²) in [5.41, 5.74) is 2.38. The number of hydrogen-bond acceptors (Lipinski definition) is 5. The molecule has 0 radical (unpaired) electrons. The second-order valence-electron chi connectivity index (χ2n) is 7.82. The molecule has 1 aromatic carbocycles. The molecule has 1 saturated carbocycles. The highest BCUT2D eigenvalue weighted by Gasteiger charge is 2.19. The Balaban J connectivity index is 1.65. The molecule has 3 rings (SSSR count). The third-order valence-electron chi connectivity index (χ3n) is 5.50. The van der Waals surface area contributed by atoms with Gasteiger partial charge in [0.2, 0.25) is 5.91 Å². The number of H-pyrrole nitrogens is 1. The van der Waals surface area contributed by atoms with Crippen molar-refractivity contribution < 1.29 is 9.53 Å². The normalized spacial score (nSPS) is 14.5. The third-order valence-corrected chi connectivity index (χ3v) is 6.37. The van der Waals surface area contributed by atoms with Gasteiger partial charge in [0, 0.05) is 11.3 Å². The molecule has 1 heterocycles. The summed E-state index contributed by atoms with van der Waals surface area (Å²) in [6.45, 7) is 2.08. The van der Waals surface area contributed by atoms with E-state index in [2.05, 4.69) is 17.2 Å². The molecule has 0 unspecified atom stereocenters. The van der Waals surface area contributed by atoms with E-state index in [0.29, 0.717) is 16.8 Å². The van der Waals surface area contributed by atoms with E-state index in [4.69, 9.17) is 9.72 Å². The smallest absolute Gasteiger partial charge is 0.254 e. The van der Waals surface area contributed by atoms with Gasteiger partial charge in [0.1, 0.15) is 5.75 Å². The molecule has 1 aromatic heterocycles. The minimum atomic E-state index is -0.140. The zero-order valence-corrected chi connectivity index (χ0v) is 18.6. The van der Waals surface area contributed by atoms with Crippen LogP contribution >= 0.6 is 11.8 Å². The van der Waals surface area contributed by atoms with Crippen molar-refractivity contribution in [2.24, 2.45) is 5.92 Å². The number of carbonyl (C=O) groups is 1. The van der Waals surface area contributed by atoms with Crippen molar-refractivity contribution in [3.05, 3.63) is 45.9 Å². The number of amides is 1. The zero-order valence-electron chi connectivity index (χ0n) is 17.8. The Bertz CT molecular complexity index is 890. The number of ether oxygens (including phenoxy) is 1. The molecule has 0 aliphatic heterocycles. The summed E-state index contributed by atoms with van der Waals surface area (Å²) in [5, 5.41) is 3.38. The molecule has 1 amide bonds. The molecule has 1 aliphatic rings. The highest BCUT2D eigenvalue weighted by Crippen LogP contribution is 2.27. The number of thioether (sulfide) groups is 1. The van der Waals surface area contributed by atoms with Gasteiger partial charge < -0.3 is 15.0 Å². The Morgan fingerprint density at radius 1 is 1.23 bits per heavy atom. The molecule has 2 aromatic rings. The number of aromatic nitrogens is 2. The first-order chi connectivity index (χ1) is 14.6. The maximum absolute atomic E-state index is 12.7. The Morgan fingerprint density at radius 2 is 1.97 bits per heavy atom. The second-order valence-corrected chi connectivity index (χ2v) is 8.78. The molecule has 0 spiro atoms. The predicted octanol–water partition coefficient (Wildman–Crippen LogP) is 4.58. The zero-order chi connectivity index (χ0) is 21.3. The number of anilines is 1. The minimum absolute atomic E-state index is 0.0595. The lowest BCUT2D eigenvalue weighted by molar-refractivity contribution is -0.113. The number of hydrogen-bond donors (Lipinski definition) is 2. The Morgan fingerprint density at radius 3 is 2.63 bits per heavy atom. The molecule has 6 nitrogen and oxygen atoms in total. The number of rotatable bonds is 9. The highest BCUT2D eigenvalue weighted by atomic mass is 32.2. The summed E-state index contributed by atoms with van der Waals surface area (Å²) >= 11 is 1.27. The van der Waals surface area contributed by atoms with Crippen molar-refractivity contribution in [2.75, 3.05) is 18.2 Å². The fourth-order valence-electron chi connectivity index (χ4n) is 3.94. The molecular weight excluding hydrogens is 398 g/mol. The van der Waals surface area contributed by atoms with Crippen molar-refractivity contribution in [1.29, 1.82) is 0 Å². The summed E-state index contributed by atoms with van der Waals surface area (Å²) in [6, 6.07) is 7.18. The van der Waals surface area contributed by atoms with E-state index >= 15 is 0 Å². The maximum Gasteiger partial charge on any atom is 0.254 e. The molecule has 0 bridgehead atoms. The van der Waals surface area contributed by atoms with Crippen LogP contribution in [0.3, 0.4) is 0 Å². The molecule has 0 saturated heterocycles. The first kappa shape index (κ1) is 22.4. The fourth-order valence-corrected chi connectivity index (χ4v) is 4.62. The monoisotopic (exact) mass is 429 g/mol. The lowest BCUT2D eigenvalue weighted by Crippen LogP contribution is -2.22. The van der Waals surface area contributed by atoms with Gasteiger partial charge in [-0.05, 0) is 43.0 Å². The van der Waals surface area contributed by atoms with Crippen LogP contribution in [0.15, 0.2) is 34.2 Å². The number of nitrogens with zero attached hydrogens (tertiary/aromatic N) is 1. The number of methoxy groups -OCH3 is 1. The number of nitrogens with one attached hydrogen (secondary N) is 2. The minimum Gasteiger partial charge on any atom is -0.497 e. The number of benzene rings is 1. The van der Waals surface area contributed by atoms with Crippen molar-refractivity contribution in [1.82, 2.24) is 9.97 Å². The Labute approximate surface area is 182 Å². The Hall–Kier alpha value is -2.28. The van der Waals surface area contributed by atoms with Gasteiger partial charge in [-0.2, -0.15) is 0 Å². The highest BCUT2D eigenvalue weighted by molar-refractivity contribution is 7.99.